The van der Waals surface area contributed by atoms with Crippen LogP contribution in [0, 0.1) is 6.92 Å². The van der Waals surface area contributed by atoms with Gasteiger partial charge >= 0.3 is 0 Å². The van der Waals surface area contributed by atoms with Crippen LogP contribution in [0.15, 0.2) is 36.4 Å². The number of ketones is 1. The van der Waals surface area contributed by atoms with Crippen molar-refractivity contribution in [2.75, 3.05) is 0 Å². The van der Waals surface area contributed by atoms with E-state index in [9.17, 15) is 9.59 Å². The van der Waals surface area contributed by atoms with E-state index in [1.54, 1.807) is 5.48 Å². The molecule has 0 saturated carbocycles. The summed E-state index contributed by atoms with van der Waals surface area (Å²) in [6.45, 7) is 2.06. The van der Waals surface area contributed by atoms with Gasteiger partial charge in [0.05, 0.1) is 0 Å². The van der Waals surface area contributed by atoms with Crippen molar-refractivity contribution in [1.29, 1.82) is 0 Å². The predicted octanol–water partition coefficient (Wildman–Crippen LogP) is 4.18. The van der Waals surface area contributed by atoms with E-state index in [1.807, 2.05) is 24.3 Å². The van der Waals surface area contributed by atoms with E-state index in [-0.39, 0.29) is 11.7 Å². The number of rotatable bonds is 8. The van der Waals surface area contributed by atoms with Gasteiger partial charge in [0.1, 0.15) is 0 Å². The van der Waals surface area contributed by atoms with Crippen molar-refractivity contribution in [2.45, 2.75) is 45.4 Å². The Hall–Kier alpha value is -2.20. The van der Waals surface area contributed by atoms with Gasteiger partial charge in [0.2, 0.25) is 5.91 Å². The third-order valence-electron chi connectivity index (χ3n) is 4.00. The number of hydrogen-bond acceptors (Lipinski definition) is 3. The molecule has 2 rings (SSSR count). The summed E-state index contributed by atoms with van der Waals surface area (Å²) in [4.78, 5) is 23.1. The summed E-state index contributed by atoms with van der Waals surface area (Å²) in [5.74, 6) is -0.187. The monoisotopic (exact) mass is 313 g/mol. The van der Waals surface area contributed by atoms with Crippen molar-refractivity contribution in [1.82, 2.24) is 5.48 Å². The number of amides is 1. The molecule has 4 heteroatoms. The van der Waals surface area contributed by atoms with Crippen LogP contribution < -0.4 is 5.48 Å². The average Bonchev–Trinajstić information content (AvgIpc) is 2.56. The minimum Gasteiger partial charge on any atom is -0.294 e. The third kappa shape index (κ3) is 5.18. The fourth-order valence-corrected chi connectivity index (χ4v) is 2.66. The minimum atomic E-state index is -0.354. The largest absolute Gasteiger partial charge is 0.294 e. The van der Waals surface area contributed by atoms with Gasteiger partial charge in [-0.25, -0.2) is 5.48 Å². The number of hydroxylamine groups is 1. The molecule has 0 spiro atoms. The summed E-state index contributed by atoms with van der Waals surface area (Å²) in [6.07, 6.45) is 4.22. The van der Waals surface area contributed by atoms with Crippen molar-refractivity contribution in [3.63, 3.8) is 0 Å². The Kier molecular flexibility index (Phi) is 6.29. The van der Waals surface area contributed by atoms with Gasteiger partial charge in [-0.1, -0.05) is 48.7 Å². The molecule has 0 atom stereocenters. The van der Waals surface area contributed by atoms with Gasteiger partial charge in [-0.3, -0.25) is 14.8 Å². The van der Waals surface area contributed by atoms with Crippen LogP contribution in [0.2, 0.25) is 0 Å². The van der Waals surface area contributed by atoms with Crippen LogP contribution in [-0.4, -0.2) is 16.9 Å². The summed E-state index contributed by atoms with van der Waals surface area (Å²) >= 11 is 0. The van der Waals surface area contributed by atoms with Crippen molar-refractivity contribution in [2.24, 2.45) is 0 Å². The van der Waals surface area contributed by atoms with E-state index >= 15 is 0 Å². The number of unbranched alkanes of at least 4 members (excludes halogenated alkanes) is 3. The molecule has 0 aromatic heterocycles. The molecule has 0 heterocycles. The van der Waals surface area contributed by atoms with Crippen molar-refractivity contribution >= 4 is 22.5 Å². The van der Waals surface area contributed by atoms with Crippen LogP contribution in [-0.2, 0) is 4.79 Å². The Morgan fingerprint density at radius 3 is 2.30 bits per heavy atom. The maximum Gasteiger partial charge on any atom is 0.243 e. The summed E-state index contributed by atoms with van der Waals surface area (Å²) < 4.78 is 0. The molecule has 122 valence electrons. The van der Waals surface area contributed by atoms with Crippen LogP contribution in [0.25, 0.3) is 10.8 Å². The Morgan fingerprint density at radius 2 is 1.57 bits per heavy atom. The Balaban J connectivity index is 1.79. The second kappa shape index (κ2) is 8.44. The van der Waals surface area contributed by atoms with Gasteiger partial charge in [-0.2, -0.15) is 0 Å². The van der Waals surface area contributed by atoms with E-state index in [4.69, 9.17) is 5.21 Å². The molecule has 2 aromatic rings. The molecule has 0 bridgehead atoms. The first-order valence-electron chi connectivity index (χ1n) is 8.07. The Labute approximate surface area is 136 Å². The van der Waals surface area contributed by atoms with Gasteiger partial charge in [-0.15, -0.1) is 0 Å². The number of nitrogens with one attached hydrogen (secondary N) is 1. The van der Waals surface area contributed by atoms with E-state index in [1.165, 1.54) is 5.56 Å². The molecule has 2 N–H and O–H groups in total. The highest BCUT2D eigenvalue weighted by Gasteiger charge is 2.07. The van der Waals surface area contributed by atoms with Crippen LogP contribution in [0.3, 0.4) is 0 Å². The average molecular weight is 313 g/mol. The highest BCUT2D eigenvalue weighted by Crippen LogP contribution is 2.19. The highest BCUT2D eigenvalue weighted by molar-refractivity contribution is 6.00. The molecule has 0 fully saturated rings. The molecule has 2 aromatic carbocycles. The Bertz CT molecular complexity index is 694. The van der Waals surface area contributed by atoms with Crippen molar-refractivity contribution < 1.29 is 14.8 Å². The van der Waals surface area contributed by atoms with Crippen molar-refractivity contribution in [3.05, 3.63) is 47.5 Å². The highest BCUT2D eigenvalue weighted by atomic mass is 16.5. The number of fused-ring (bicyclic) bond motifs is 1. The lowest BCUT2D eigenvalue weighted by Crippen LogP contribution is -2.17. The quantitative estimate of drug-likeness (QED) is 0.332. The zero-order chi connectivity index (χ0) is 16.7. The summed E-state index contributed by atoms with van der Waals surface area (Å²) in [6, 6.07) is 12.1. The molecule has 4 nitrogen and oxygen atoms in total. The maximum absolute atomic E-state index is 12.2. The third-order valence-corrected chi connectivity index (χ3v) is 4.00. The van der Waals surface area contributed by atoms with Crippen LogP contribution >= 0.6 is 0 Å². The fourth-order valence-electron chi connectivity index (χ4n) is 2.66. The molecule has 23 heavy (non-hydrogen) atoms. The SMILES string of the molecule is Cc1ccc2cc(C(=O)CCCCCCC(=O)NO)ccc2c1. The first kappa shape index (κ1) is 17.2. The van der Waals surface area contributed by atoms with Gasteiger partial charge in [0.15, 0.2) is 5.78 Å². The lowest BCUT2D eigenvalue weighted by Gasteiger charge is -2.05. The Morgan fingerprint density at radius 1 is 0.913 bits per heavy atom. The summed E-state index contributed by atoms with van der Waals surface area (Å²) in [5.41, 5.74) is 3.60. The molecule has 1 amide bonds. The summed E-state index contributed by atoms with van der Waals surface area (Å²) in [5, 5.41) is 10.6. The number of Topliss-reactive ketones (excluding diaryl/α,β-unsaturated/α-hetero) is 1. The topological polar surface area (TPSA) is 66.4 Å². The van der Waals surface area contributed by atoms with E-state index in [0.29, 0.717) is 12.8 Å². The van der Waals surface area contributed by atoms with Crippen LogP contribution in [0.1, 0.15) is 54.4 Å². The number of carbonyl (C=O) groups excluding carboxylic acids is 2. The van der Waals surface area contributed by atoms with Gasteiger partial charge in [0, 0.05) is 18.4 Å². The number of hydrogen-bond donors (Lipinski definition) is 2. The molecular formula is C19H23NO3. The lowest BCUT2D eigenvalue weighted by molar-refractivity contribution is -0.129. The zero-order valence-electron chi connectivity index (χ0n) is 13.5. The van der Waals surface area contributed by atoms with Gasteiger partial charge in [0.25, 0.3) is 0 Å². The number of benzene rings is 2. The maximum atomic E-state index is 12.2. The zero-order valence-corrected chi connectivity index (χ0v) is 13.5. The molecule has 0 unspecified atom stereocenters. The van der Waals surface area contributed by atoms with Crippen LogP contribution in [0.5, 0.6) is 0 Å². The second-order valence-corrected chi connectivity index (χ2v) is 5.94. The molecule has 0 saturated heterocycles. The predicted molar refractivity (Wildman–Crippen MR) is 90.6 cm³/mol. The smallest absolute Gasteiger partial charge is 0.243 e. The minimum absolute atomic E-state index is 0.167. The second-order valence-electron chi connectivity index (χ2n) is 5.94. The standard InChI is InChI=1S/C19H23NO3/c1-14-8-9-16-13-17(11-10-15(16)12-14)18(21)6-4-2-3-5-7-19(22)20-23/h8-13,23H,2-7H2,1H3,(H,20,22). The normalized spacial score (nSPS) is 10.7. The molecular weight excluding hydrogens is 290 g/mol. The molecule has 0 radical (unpaired) electrons. The van der Waals surface area contributed by atoms with Crippen LogP contribution in [0.4, 0.5) is 0 Å². The molecule has 0 aliphatic rings. The van der Waals surface area contributed by atoms with Gasteiger partial charge in [-0.05, 0) is 36.6 Å². The number of aryl methyl sites for hydroxylation is 1. The van der Waals surface area contributed by atoms with E-state index in [2.05, 4.69) is 19.1 Å². The number of carbonyl (C=O) groups is 2. The molecule has 0 aliphatic heterocycles. The first-order valence-corrected chi connectivity index (χ1v) is 8.07. The molecule has 0 aliphatic carbocycles. The summed E-state index contributed by atoms with van der Waals surface area (Å²) in [7, 11) is 0. The first-order chi connectivity index (χ1) is 11.1. The van der Waals surface area contributed by atoms with E-state index in [0.717, 1.165) is 42.0 Å². The van der Waals surface area contributed by atoms with Crippen molar-refractivity contribution in [3.8, 4) is 0 Å². The lowest BCUT2D eigenvalue weighted by atomic mass is 9.99. The fraction of sp³-hybridized carbons (Fsp3) is 0.368. The van der Waals surface area contributed by atoms with E-state index < -0.39 is 0 Å². The van der Waals surface area contributed by atoms with Gasteiger partial charge < -0.3 is 0 Å².